The van der Waals surface area contributed by atoms with Gasteiger partial charge in [-0.05, 0) is 36.2 Å². The maximum absolute atomic E-state index is 11.7. The molecule has 7 nitrogen and oxygen atoms in total. The summed E-state index contributed by atoms with van der Waals surface area (Å²) in [5.74, 6) is -1.10. The van der Waals surface area contributed by atoms with E-state index in [1.54, 1.807) is 13.8 Å². The van der Waals surface area contributed by atoms with E-state index in [0.29, 0.717) is 0 Å². The lowest BCUT2D eigenvalue weighted by Gasteiger charge is -2.49. The van der Waals surface area contributed by atoms with Crippen LogP contribution in [0.4, 0.5) is 0 Å². The van der Waals surface area contributed by atoms with Crippen LogP contribution in [0.2, 0.25) is 0 Å². The molecule has 2 N–H and O–H groups in total. The summed E-state index contributed by atoms with van der Waals surface area (Å²) in [4.78, 5) is 11.7. The lowest BCUT2D eigenvalue weighted by molar-refractivity contribution is -0.369. The van der Waals surface area contributed by atoms with E-state index in [-0.39, 0.29) is 19.1 Å². The van der Waals surface area contributed by atoms with Crippen molar-refractivity contribution in [1.29, 1.82) is 0 Å². The number of aliphatic hydroxyl groups excluding tert-OH is 1. The molecule has 2 saturated heterocycles. The minimum Gasteiger partial charge on any atom is -0.388 e. The molecule has 0 spiro atoms. The Morgan fingerprint density at radius 3 is 2.76 bits per heavy atom. The molecule has 2 aliphatic heterocycles. The summed E-state index contributed by atoms with van der Waals surface area (Å²) < 4.78 is 23.5. The van der Waals surface area contributed by atoms with Gasteiger partial charge in [-0.25, -0.2) is 0 Å². The Balaban J connectivity index is 1.50. The lowest BCUT2D eigenvalue weighted by atomic mass is 9.95. The second-order valence-corrected chi connectivity index (χ2v) is 8.05. The van der Waals surface area contributed by atoms with Crippen molar-refractivity contribution in [2.75, 3.05) is 6.61 Å². The highest BCUT2D eigenvalue weighted by Crippen LogP contribution is 2.33. The van der Waals surface area contributed by atoms with Gasteiger partial charge in [0.15, 0.2) is 12.1 Å². The van der Waals surface area contributed by atoms with Gasteiger partial charge < -0.3 is 29.4 Å². The second kappa shape index (κ2) is 8.01. The number of ether oxygens (including phenoxy) is 4. The molecule has 5 unspecified atom stereocenters. The maximum atomic E-state index is 11.7. The molecule has 156 valence electrons. The van der Waals surface area contributed by atoms with Gasteiger partial charge in [0.25, 0.3) is 0 Å². The van der Waals surface area contributed by atoms with Gasteiger partial charge in [-0.3, -0.25) is 4.79 Å². The fourth-order valence-electron chi connectivity index (χ4n) is 3.88. The molecule has 5 atom stereocenters. The molecule has 7 heteroatoms. The standard InChI is InChI=1S/C22H27NO6/c1-13(24)23-18-19(25)20-17(12-27-22(2,3)29-20)28-21(18)26-11-14-8-9-15-6-4-5-7-16(15)10-14/h4-10,17-21,25H,11-12H2,1-3H3,(H,23,24). The second-order valence-electron chi connectivity index (χ2n) is 8.05. The fraction of sp³-hybridized carbons (Fsp3) is 0.500. The van der Waals surface area contributed by atoms with Crippen molar-refractivity contribution < 1.29 is 28.8 Å². The smallest absolute Gasteiger partial charge is 0.217 e. The first kappa shape index (κ1) is 20.3. The van der Waals surface area contributed by atoms with Gasteiger partial charge >= 0.3 is 0 Å². The van der Waals surface area contributed by atoms with E-state index in [1.807, 2.05) is 30.3 Å². The van der Waals surface area contributed by atoms with Crippen LogP contribution in [0.5, 0.6) is 0 Å². The third-order valence-electron chi connectivity index (χ3n) is 5.29. The molecule has 2 aliphatic rings. The van der Waals surface area contributed by atoms with Gasteiger partial charge in [0.2, 0.25) is 5.91 Å². The highest BCUT2D eigenvalue weighted by Gasteiger charge is 2.51. The molecule has 0 radical (unpaired) electrons. The molecular weight excluding hydrogens is 374 g/mol. The van der Waals surface area contributed by atoms with Gasteiger partial charge in [-0.15, -0.1) is 0 Å². The summed E-state index contributed by atoms with van der Waals surface area (Å²) in [5.41, 5.74) is 0.975. The fourth-order valence-corrected chi connectivity index (χ4v) is 3.88. The number of aliphatic hydroxyl groups is 1. The number of hydrogen-bond donors (Lipinski definition) is 2. The number of carbonyl (C=O) groups excluding carboxylic acids is 1. The number of fused-ring (bicyclic) bond motifs is 2. The van der Waals surface area contributed by atoms with Crippen LogP contribution in [-0.4, -0.2) is 54.1 Å². The van der Waals surface area contributed by atoms with Crippen LogP contribution in [0.25, 0.3) is 10.8 Å². The number of rotatable bonds is 4. The van der Waals surface area contributed by atoms with Gasteiger partial charge in [0.1, 0.15) is 24.4 Å². The summed E-state index contributed by atoms with van der Waals surface area (Å²) in [6.07, 6.45) is -2.90. The van der Waals surface area contributed by atoms with Gasteiger partial charge in [0.05, 0.1) is 13.2 Å². The van der Waals surface area contributed by atoms with Crippen LogP contribution in [0, 0.1) is 0 Å². The summed E-state index contributed by atoms with van der Waals surface area (Å²) in [7, 11) is 0. The Hall–Kier alpha value is -2.03. The summed E-state index contributed by atoms with van der Waals surface area (Å²) in [6.45, 7) is 5.52. The third kappa shape index (κ3) is 4.44. The third-order valence-corrected chi connectivity index (χ3v) is 5.29. The summed E-state index contributed by atoms with van der Waals surface area (Å²) in [5, 5.41) is 15.9. The molecule has 4 rings (SSSR count). The molecule has 2 aromatic carbocycles. The number of benzene rings is 2. The zero-order valence-electron chi connectivity index (χ0n) is 16.8. The topological polar surface area (TPSA) is 86.3 Å². The summed E-state index contributed by atoms with van der Waals surface area (Å²) >= 11 is 0. The molecule has 2 heterocycles. The minimum atomic E-state index is -0.984. The normalized spacial score (nSPS) is 31.2. The van der Waals surface area contributed by atoms with Crippen molar-refractivity contribution in [2.24, 2.45) is 0 Å². The van der Waals surface area contributed by atoms with Crippen LogP contribution < -0.4 is 5.32 Å². The average molecular weight is 401 g/mol. The first-order valence-corrected chi connectivity index (χ1v) is 9.84. The zero-order valence-corrected chi connectivity index (χ0v) is 16.8. The molecule has 0 aliphatic carbocycles. The van der Waals surface area contributed by atoms with Crippen LogP contribution in [0.1, 0.15) is 26.3 Å². The zero-order chi connectivity index (χ0) is 20.6. The Labute approximate surface area is 169 Å². The van der Waals surface area contributed by atoms with Crippen LogP contribution in [0.3, 0.4) is 0 Å². The van der Waals surface area contributed by atoms with E-state index < -0.39 is 36.4 Å². The number of carbonyl (C=O) groups is 1. The van der Waals surface area contributed by atoms with E-state index in [0.717, 1.165) is 16.3 Å². The van der Waals surface area contributed by atoms with E-state index in [9.17, 15) is 9.90 Å². The van der Waals surface area contributed by atoms with Crippen molar-refractivity contribution in [1.82, 2.24) is 5.32 Å². The minimum absolute atomic E-state index is 0.275. The summed E-state index contributed by atoms with van der Waals surface area (Å²) in [6, 6.07) is 13.4. The van der Waals surface area contributed by atoms with Crippen molar-refractivity contribution >= 4 is 16.7 Å². The predicted octanol–water partition coefficient (Wildman–Crippen LogP) is 2.10. The molecule has 2 aromatic rings. The largest absolute Gasteiger partial charge is 0.388 e. The number of amides is 1. The van der Waals surface area contributed by atoms with Crippen LogP contribution in [-0.2, 0) is 30.3 Å². The highest BCUT2D eigenvalue weighted by atomic mass is 16.8. The van der Waals surface area contributed by atoms with Crippen LogP contribution in [0.15, 0.2) is 42.5 Å². The maximum Gasteiger partial charge on any atom is 0.217 e. The molecule has 0 aromatic heterocycles. The Morgan fingerprint density at radius 2 is 2.00 bits per heavy atom. The highest BCUT2D eigenvalue weighted by molar-refractivity contribution is 5.82. The molecule has 0 bridgehead atoms. The van der Waals surface area contributed by atoms with E-state index in [2.05, 4.69) is 17.4 Å². The molecule has 1 amide bonds. The molecular formula is C22H27NO6. The van der Waals surface area contributed by atoms with Gasteiger partial charge in [-0.1, -0.05) is 36.4 Å². The van der Waals surface area contributed by atoms with Crippen molar-refractivity contribution in [3.63, 3.8) is 0 Å². The van der Waals surface area contributed by atoms with E-state index >= 15 is 0 Å². The van der Waals surface area contributed by atoms with Crippen LogP contribution >= 0.6 is 0 Å². The lowest BCUT2D eigenvalue weighted by Crippen LogP contribution is -2.68. The SMILES string of the molecule is CC(=O)NC1C(OCc2ccc3ccccc3c2)OC2COC(C)(C)OC2C1O. The quantitative estimate of drug-likeness (QED) is 0.816. The van der Waals surface area contributed by atoms with Crippen molar-refractivity contribution in [2.45, 2.75) is 63.8 Å². The van der Waals surface area contributed by atoms with E-state index in [4.69, 9.17) is 18.9 Å². The molecule has 0 saturated carbocycles. The Bertz CT molecular complexity index is 884. The van der Waals surface area contributed by atoms with Crippen molar-refractivity contribution in [3.8, 4) is 0 Å². The first-order chi connectivity index (χ1) is 13.8. The van der Waals surface area contributed by atoms with Gasteiger partial charge in [-0.2, -0.15) is 0 Å². The average Bonchev–Trinajstić information content (AvgIpc) is 2.68. The Morgan fingerprint density at radius 1 is 1.24 bits per heavy atom. The molecule has 2 fully saturated rings. The number of hydrogen-bond acceptors (Lipinski definition) is 6. The predicted molar refractivity (Wildman–Crippen MR) is 106 cm³/mol. The Kier molecular flexibility index (Phi) is 5.59. The monoisotopic (exact) mass is 401 g/mol. The first-order valence-electron chi connectivity index (χ1n) is 9.84. The van der Waals surface area contributed by atoms with E-state index in [1.165, 1.54) is 6.92 Å². The number of nitrogens with one attached hydrogen (secondary N) is 1. The van der Waals surface area contributed by atoms with Crippen molar-refractivity contribution in [3.05, 3.63) is 48.0 Å². The molecule has 29 heavy (non-hydrogen) atoms. The van der Waals surface area contributed by atoms with Gasteiger partial charge in [0, 0.05) is 6.92 Å².